The van der Waals surface area contributed by atoms with Crippen LogP contribution in [-0.2, 0) is 0 Å². The average molecular weight is 271 g/mol. The van der Waals surface area contributed by atoms with Gasteiger partial charge in [0, 0.05) is 11.8 Å². The zero-order valence-corrected chi connectivity index (χ0v) is 11.2. The summed E-state index contributed by atoms with van der Waals surface area (Å²) in [5, 5.41) is 0. The zero-order chi connectivity index (χ0) is 13.9. The van der Waals surface area contributed by atoms with Crippen molar-refractivity contribution in [3.63, 3.8) is 0 Å². The minimum Gasteiger partial charge on any atom is -0.271 e. The normalized spacial score (nSPS) is 16.7. The van der Waals surface area contributed by atoms with E-state index in [4.69, 9.17) is 5.84 Å². The molecule has 0 saturated heterocycles. The number of halogens is 1. The summed E-state index contributed by atoms with van der Waals surface area (Å²) in [6, 6.07) is 9.61. The van der Waals surface area contributed by atoms with E-state index in [9.17, 15) is 4.39 Å². The van der Waals surface area contributed by atoms with E-state index in [1.807, 2.05) is 12.1 Å². The van der Waals surface area contributed by atoms with Crippen LogP contribution in [0.15, 0.2) is 42.7 Å². The van der Waals surface area contributed by atoms with E-state index in [1.165, 1.54) is 31.0 Å². The van der Waals surface area contributed by atoms with Crippen molar-refractivity contribution in [3.05, 3.63) is 65.2 Å². The number of nitrogens with two attached hydrogens (primary N) is 1. The van der Waals surface area contributed by atoms with E-state index in [2.05, 4.69) is 22.5 Å². The molecule has 1 aromatic heterocycles. The van der Waals surface area contributed by atoms with Gasteiger partial charge in [-0.2, -0.15) is 0 Å². The molecular formula is C16H18FN3. The molecule has 1 aliphatic carbocycles. The highest BCUT2D eigenvalue weighted by Crippen LogP contribution is 2.36. The minimum atomic E-state index is -0.353. The summed E-state index contributed by atoms with van der Waals surface area (Å²) in [6.45, 7) is 0. The van der Waals surface area contributed by atoms with Gasteiger partial charge in [-0.15, -0.1) is 0 Å². The third kappa shape index (κ3) is 2.44. The van der Waals surface area contributed by atoms with Crippen molar-refractivity contribution in [1.29, 1.82) is 0 Å². The van der Waals surface area contributed by atoms with E-state index >= 15 is 0 Å². The van der Waals surface area contributed by atoms with E-state index < -0.39 is 0 Å². The first-order valence-corrected chi connectivity index (χ1v) is 6.95. The van der Waals surface area contributed by atoms with E-state index in [0.717, 1.165) is 5.56 Å². The van der Waals surface area contributed by atoms with Crippen LogP contribution in [0, 0.1) is 5.82 Å². The topological polar surface area (TPSA) is 50.9 Å². The molecule has 1 fully saturated rings. The van der Waals surface area contributed by atoms with Crippen molar-refractivity contribution < 1.29 is 4.39 Å². The molecule has 1 atom stereocenters. The SMILES string of the molecule is NNC(c1ccc(C2CCC2)cc1)c1ccncc1F. The van der Waals surface area contributed by atoms with Crippen LogP contribution in [0.5, 0.6) is 0 Å². The zero-order valence-electron chi connectivity index (χ0n) is 11.2. The Balaban J connectivity index is 1.87. The Morgan fingerprint density at radius 2 is 1.95 bits per heavy atom. The maximum atomic E-state index is 13.8. The van der Waals surface area contributed by atoms with Crippen molar-refractivity contribution in [2.75, 3.05) is 0 Å². The molecule has 0 bridgehead atoms. The van der Waals surface area contributed by atoms with Crippen LogP contribution in [-0.4, -0.2) is 4.98 Å². The molecule has 1 unspecified atom stereocenters. The minimum absolute atomic E-state index is 0.349. The molecule has 2 aromatic rings. The fourth-order valence-electron chi connectivity index (χ4n) is 2.69. The molecule has 0 aliphatic heterocycles. The molecule has 0 radical (unpaired) electrons. The molecular weight excluding hydrogens is 253 g/mol. The number of nitrogens with one attached hydrogen (secondary N) is 1. The summed E-state index contributed by atoms with van der Waals surface area (Å²) >= 11 is 0. The second-order valence-corrected chi connectivity index (χ2v) is 5.29. The summed E-state index contributed by atoms with van der Waals surface area (Å²) in [4.78, 5) is 3.77. The molecule has 3 nitrogen and oxygen atoms in total. The van der Waals surface area contributed by atoms with Crippen LogP contribution in [0.3, 0.4) is 0 Å². The molecule has 0 amide bonds. The lowest BCUT2D eigenvalue weighted by molar-refractivity contribution is 0.419. The molecule has 0 spiro atoms. The van der Waals surface area contributed by atoms with E-state index in [1.54, 1.807) is 12.3 Å². The highest BCUT2D eigenvalue weighted by Gasteiger charge is 2.20. The van der Waals surface area contributed by atoms with Gasteiger partial charge in [-0.1, -0.05) is 30.7 Å². The van der Waals surface area contributed by atoms with Gasteiger partial charge >= 0.3 is 0 Å². The van der Waals surface area contributed by atoms with E-state index in [-0.39, 0.29) is 11.9 Å². The number of pyridine rings is 1. The van der Waals surface area contributed by atoms with Crippen LogP contribution in [0.1, 0.15) is 47.9 Å². The Labute approximate surface area is 118 Å². The van der Waals surface area contributed by atoms with Crippen molar-refractivity contribution in [1.82, 2.24) is 10.4 Å². The van der Waals surface area contributed by atoms with Crippen molar-refractivity contribution in [2.24, 2.45) is 5.84 Å². The van der Waals surface area contributed by atoms with Gasteiger partial charge in [0.05, 0.1) is 12.2 Å². The largest absolute Gasteiger partial charge is 0.271 e. The quantitative estimate of drug-likeness (QED) is 0.664. The molecule has 1 heterocycles. The van der Waals surface area contributed by atoms with Crippen molar-refractivity contribution in [2.45, 2.75) is 31.2 Å². The fourth-order valence-corrected chi connectivity index (χ4v) is 2.69. The number of hydrogen-bond donors (Lipinski definition) is 2. The van der Waals surface area contributed by atoms with Crippen LogP contribution < -0.4 is 11.3 Å². The number of hydrazine groups is 1. The van der Waals surface area contributed by atoms with Crippen molar-refractivity contribution in [3.8, 4) is 0 Å². The molecule has 104 valence electrons. The summed E-state index contributed by atoms with van der Waals surface area (Å²) < 4.78 is 13.8. The number of benzene rings is 1. The second kappa shape index (κ2) is 5.69. The van der Waals surface area contributed by atoms with Crippen LogP contribution in [0.25, 0.3) is 0 Å². The first-order chi connectivity index (χ1) is 9.79. The molecule has 1 saturated carbocycles. The number of rotatable bonds is 4. The Hall–Kier alpha value is -1.78. The number of aromatic nitrogens is 1. The number of nitrogens with zero attached hydrogens (tertiary/aromatic N) is 1. The van der Waals surface area contributed by atoms with E-state index in [0.29, 0.717) is 11.5 Å². The predicted molar refractivity (Wildman–Crippen MR) is 76.4 cm³/mol. The molecule has 3 N–H and O–H groups in total. The average Bonchev–Trinajstić information content (AvgIpc) is 2.41. The lowest BCUT2D eigenvalue weighted by Crippen LogP contribution is -2.29. The van der Waals surface area contributed by atoms with Crippen LogP contribution in [0.4, 0.5) is 4.39 Å². The smallest absolute Gasteiger partial charge is 0.146 e. The third-order valence-electron chi connectivity index (χ3n) is 4.13. The lowest BCUT2D eigenvalue weighted by atomic mass is 9.79. The number of hydrogen-bond acceptors (Lipinski definition) is 3. The molecule has 1 aliphatic rings. The van der Waals surface area contributed by atoms with Gasteiger partial charge in [0.1, 0.15) is 5.82 Å². The molecule has 3 rings (SSSR count). The van der Waals surface area contributed by atoms with Gasteiger partial charge in [-0.05, 0) is 36.0 Å². The first kappa shape index (κ1) is 13.2. The summed E-state index contributed by atoms with van der Waals surface area (Å²) in [5.74, 6) is 5.96. The monoisotopic (exact) mass is 271 g/mol. The highest BCUT2D eigenvalue weighted by atomic mass is 19.1. The van der Waals surface area contributed by atoms with Gasteiger partial charge in [-0.3, -0.25) is 10.8 Å². The maximum absolute atomic E-state index is 13.8. The Morgan fingerprint density at radius 3 is 2.50 bits per heavy atom. The Kier molecular flexibility index (Phi) is 3.76. The molecule has 4 heteroatoms. The Morgan fingerprint density at radius 1 is 1.20 bits per heavy atom. The van der Waals surface area contributed by atoms with Crippen LogP contribution in [0.2, 0.25) is 0 Å². The fraction of sp³-hybridized carbons (Fsp3) is 0.312. The van der Waals surface area contributed by atoms with Gasteiger partial charge < -0.3 is 0 Å². The molecule has 20 heavy (non-hydrogen) atoms. The van der Waals surface area contributed by atoms with Gasteiger partial charge in [0.25, 0.3) is 0 Å². The third-order valence-corrected chi connectivity index (χ3v) is 4.13. The standard InChI is InChI=1S/C16H18FN3/c17-15-10-19-9-8-14(15)16(20-18)13-6-4-12(5-7-13)11-2-1-3-11/h4-11,16,20H,1-3,18H2. The van der Waals surface area contributed by atoms with Gasteiger partial charge in [-0.25, -0.2) is 9.82 Å². The summed E-state index contributed by atoms with van der Waals surface area (Å²) in [7, 11) is 0. The summed E-state index contributed by atoms with van der Waals surface area (Å²) in [5.41, 5.74) is 5.52. The maximum Gasteiger partial charge on any atom is 0.146 e. The summed E-state index contributed by atoms with van der Waals surface area (Å²) in [6.07, 6.45) is 6.66. The van der Waals surface area contributed by atoms with Crippen LogP contribution >= 0.6 is 0 Å². The van der Waals surface area contributed by atoms with Gasteiger partial charge in [0.15, 0.2) is 0 Å². The molecule has 1 aromatic carbocycles. The first-order valence-electron chi connectivity index (χ1n) is 6.95. The highest BCUT2D eigenvalue weighted by molar-refractivity contribution is 5.34. The van der Waals surface area contributed by atoms with Gasteiger partial charge in [0.2, 0.25) is 0 Å². The Bertz CT molecular complexity index is 579. The second-order valence-electron chi connectivity index (χ2n) is 5.29. The predicted octanol–water partition coefficient (Wildman–Crippen LogP) is 3.04. The lowest BCUT2D eigenvalue weighted by Gasteiger charge is -2.26. The van der Waals surface area contributed by atoms with Crippen molar-refractivity contribution >= 4 is 0 Å².